The van der Waals surface area contributed by atoms with Gasteiger partial charge < -0.3 is 35.3 Å². The van der Waals surface area contributed by atoms with E-state index in [2.05, 4.69) is 20.6 Å². The zero-order chi connectivity index (χ0) is 28.4. The van der Waals surface area contributed by atoms with Gasteiger partial charge in [0, 0.05) is 43.5 Å². The number of likely N-dealkylation sites (N-methyl/N-ethyl adjacent to an activating group) is 1. The maximum Gasteiger partial charge on any atom is 0.203 e. The summed E-state index contributed by atoms with van der Waals surface area (Å²) in [5, 5.41) is 6.16. The summed E-state index contributed by atoms with van der Waals surface area (Å²) in [6, 6.07) is 9.27. The number of rotatable bonds is 10. The van der Waals surface area contributed by atoms with Crippen LogP contribution in [0.4, 0.5) is 20.3 Å². The van der Waals surface area contributed by atoms with Crippen LogP contribution in [0.1, 0.15) is 10.4 Å². The van der Waals surface area contributed by atoms with Gasteiger partial charge in [-0.3, -0.25) is 9.78 Å². The Bertz CT molecular complexity index is 1440. The number of ether oxygens (including phenoxy) is 4. The Kier molecular flexibility index (Phi) is 10.2. The van der Waals surface area contributed by atoms with Crippen LogP contribution in [0.15, 0.2) is 48.8 Å². The number of carbonyl (C=O) groups excluding carboxylic acids is 1. The summed E-state index contributed by atoms with van der Waals surface area (Å²) < 4.78 is 50.0. The van der Waals surface area contributed by atoms with Crippen LogP contribution in [0.5, 0.6) is 28.7 Å². The number of carbonyl (C=O) groups is 1. The van der Waals surface area contributed by atoms with Crippen LogP contribution in [0.25, 0.3) is 10.9 Å². The summed E-state index contributed by atoms with van der Waals surface area (Å²) in [7, 11) is 6.34. The van der Waals surface area contributed by atoms with Crippen molar-refractivity contribution in [3.05, 3.63) is 66.0 Å². The van der Waals surface area contributed by atoms with Crippen LogP contribution < -0.4 is 35.3 Å². The highest BCUT2D eigenvalue weighted by atomic mass is 19.2. The molecule has 0 amide bonds. The highest BCUT2D eigenvalue weighted by Gasteiger charge is 2.17. The number of hydrogen-bond acceptors (Lipinski definition) is 10. The van der Waals surface area contributed by atoms with Crippen LogP contribution in [0.3, 0.4) is 0 Å². The van der Waals surface area contributed by atoms with Gasteiger partial charge in [-0.15, -0.1) is 0 Å². The van der Waals surface area contributed by atoms with E-state index in [4.69, 9.17) is 24.7 Å². The smallest absolute Gasteiger partial charge is 0.203 e. The Balaban J connectivity index is 0.000000320. The van der Waals surface area contributed by atoms with Gasteiger partial charge in [-0.1, -0.05) is 0 Å². The fourth-order valence-electron chi connectivity index (χ4n) is 3.40. The summed E-state index contributed by atoms with van der Waals surface area (Å²) in [5.41, 5.74) is 6.38. The number of methoxy groups -OCH3 is 2. The number of anilines is 2. The molecule has 4 N–H and O–H groups in total. The van der Waals surface area contributed by atoms with E-state index in [0.717, 1.165) is 0 Å². The van der Waals surface area contributed by atoms with Crippen molar-refractivity contribution in [2.45, 2.75) is 0 Å². The molecule has 2 aromatic heterocycles. The van der Waals surface area contributed by atoms with Crippen molar-refractivity contribution in [1.82, 2.24) is 15.3 Å². The lowest BCUT2D eigenvalue weighted by molar-refractivity contribution is 0.112. The lowest BCUT2D eigenvalue weighted by Crippen LogP contribution is -2.16. The van der Waals surface area contributed by atoms with Gasteiger partial charge in [-0.2, -0.15) is 4.39 Å². The number of nitrogens with one attached hydrogen (secondary N) is 2. The molecular weight excluding hydrogens is 512 g/mol. The van der Waals surface area contributed by atoms with Gasteiger partial charge in [0.05, 0.1) is 31.0 Å². The van der Waals surface area contributed by atoms with E-state index in [1.165, 1.54) is 51.9 Å². The maximum atomic E-state index is 14.3. The van der Waals surface area contributed by atoms with E-state index in [9.17, 15) is 13.6 Å². The van der Waals surface area contributed by atoms with E-state index < -0.39 is 11.6 Å². The van der Waals surface area contributed by atoms with Crippen LogP contribution in [-0.4, -0.2) is 57.7 Å². The number of aldehydes is 1. The average molecular weight is 542 g/mol. The molecule has 0 unspecified atom stereocenters. The Hall–Kier alpha value is -4.71. The van der Waals surface area contributed by atoms with Crippen LogP contribution >= 0.6 is 0 Å². The third kappa shape index (κ3) is 6.99. The first-order valence-corrected chi connectivity index (χ1v) is 11.7. The molecule has 0 saturated carbocycles. The number of fused-ring (bicyclic) bond motifs is 1. The van der Waals surface area contributed by atoms with Crippen molar-refractivity contribution >= 4 is 28.7 Å². The number of halogens is 2. The molecule has 0 fully saturated rings. The van der Waals surface area contributed by atoms with Gasteiger partial charge in [-0.25, -0.2) is 9.37 Å². The lowest BCUT2D eigenvalue weighted by Gasteiger charge is -2.14. The van der Waals surface area contributed by atoms with E-state index in [1.54, 1.807) is 18.2 Å². The minimum Gasteiger partial charge on any atom is -0.496 e. The molecule has 4 rings (SSSR count). The summed E-state index contributed by atoms with van der Waals surface area (Å²) >= 11 is 0. The monoisotopic (exact) mass is 541 g/mol. The topological polar surface area (TPSA) is 130 Å². The minimum atomic E-state index is -1.07. The molecule has 39 heavy (non-hydrogen) atoms. The van der Waals surface area contributed by atoms with Gasteiger partial charge in [0.25, 0.3) is 0 Å². The molecule has 0 bridgehead atoms. The van der Waals surface area contributed by atoms with E-state index >= 15 is 0 Å². The lowest BCUT2D eigenvalue weighted by atomic mass is 10.1. The standard InChI is InChI=1S/C20H21F2N3O3.C7H8N2O2/c1-23-8-9-27-18-11-14-12(10-17(18)26-3)15(6-7-25-14)28-16-5-4-13(24-2)19(21)20(16)22;1-11-6-2-7(8)9-3-5(6)4-10/h4-7,10-11,23-24H,8-9H2,1-3H3;2-4H,1H3,(H2,8,9). The normalized spacial score (nSPS) is 10.3. The SMILES string of the molecule is CNCCOc1cc2nccc(Oc3ccc(NC)c(F)c3F)c2cc1OC.COc1cc(N)ncc1C=O. The molecule has 2 heterocycles. The second-order valence-electron chi connectivity index (χ2n) is 7.84. The summed E-state index contributed by atoms with van der Waals surface area (Å²) in [5.74, 6) is -0.172. The Morgan fingerprint density at radius 2 is 1.69 bits per heavy atom. The van der Waals surface area contributed by atoms with Gasteiger partial charge in [0.1, 0.15) is 23.9 Å². The summed E-state index contributed by atoms with van der Waals surface area (Å²) in [4.78, 5) is 18.4. The number of nitrogens with zero attached hydrogens (tertiary/aromatic N) is 2. The zero-order valence-corrected chi connectivity index (χ0v) is 21.9. The first-order chi connectivity index (χ1) is 18.9. The maximum absolute atomic E-state index is 14.3. The molecule has 2 aromatic carbocycles. The number of hydrogen-bond donors (Lipinski definition) is 3. The predicted octanol–water partition coefficient (Wildman–Crippen LogP) is 4.44. The fourth-order valence-corrected chi connectivity index (χ4v) is 3.40. The molecule has 0 atom stereocenters. The zero-order valence-electron chi connectivity index (χ0n) is 21.9. The molecule has 10 nitrogen and oxygen atoms in total. The molecule has 0 aliphatic heterocycles. The van der Waals surface area contributed by atoms with Gasteiger partial charge in [0.2, 0.25) is 5.82 Å². The first kappa shape index (κ1) is 28.9. The summed E-state index contributed by atoms with van der Waals surface area (Å²) in [6.07, 6.45) is 3.57. The van der Waals surface area contributed by atoms with Gasteiger partial charge in [0.15, 0.2) is 29.4 Å². The van der Waals surface area contributed by atoms with E-state index in [-0.39, 0.29) is 11.4 Å². The Morgan fingerprint density at radius 1 is 0.923 bits per heavy atom. The summed E-state index contributed by atoms with van der Waals surface area (Å²) in [6.45, 7) is 1.13. The molecule has 0 radical (unpaired) electrons. The molecule has 4 aromatic rings. The molecule has 206 valence electrons. The van der Waals surface area contributed by atoms with Crippen LogP contribution in [0.2, 0.25) is 0 Å². The fraction of sp³-hybridized carbons (Fsp3) is 0.222. The van der Waals surface area contributed by atoms with Crippen molar-refractivity contribution in [1.29, 1.82) is 0 Å². The number of nitrogen functional groups attached to an aromatic ring is 1. The van der Waals surface area contributed by atoms with Crippen molar-refractivity contribution < 1.29 is 32.5 Å². The molecular formula is C27H29F2N5O5. The number of benzene rings is 2. The molecule has 0 aliphatic carbocycles. The highest BCUT2D eigenvalue weighted by molar-refractivity contribution is 5.88. The molecule has 0 saturated heterocycles. The van der Waals surface area contributed by atoms with Crippen molar-refractivity contribution in [3.8, 4) is 28.7 Å². The quantitative estimate of drug-likeness (QED) is 0.196. The predicted molar refractivity (Wildman–Crippen MR) is 144 cm³/mol. The minimum absolute atomic E-state index is 0.0504. The van der Waals surface area contributed by atoms with Gasteiger partial charge >= 0.3 is 0 Å². The van der Waals surface area contributed by atoms with E-state index in [0.29, 0.717) is 64.7 Å². The second-order valence-corrected chi connectivity index (χ2v) is 7.84. The van der Waals surface area contributed by atoms with Crippen LogP contribution in [0, 0.1) is 11.6 Å². The number of pyridine rings is 2. The molecule has 12 heteroatoms. The molecule has 0 spiro atoms. The number of aromatic nitrogens is 2. The van der Waals surface area contributed by atoms with Crippen molar-refractivity contribution in [3.63, 3.8) is 0 Å². The van der Waals surface area contributed by atoms with Crippen molar-refractivity contribution in [2.24, 2.45) is 0 Å². The largest absolute Gasteiger partial charge is 0.496 e. The third-order valence-corrected chi connectivity index (χ3v) is 5.40. The first-order valence-electron chi connectivity index (χ1n) is 11.7. The van der Waals surface area contributed by atoms with Crippen molar-refractivity contribution in [2.75, 3.05) is 52.5 Å². The van der Waals surface area contributed by atoms with E-state index in [1.807, 2.05) is 7.05 Å². The highest BCUT2D eigenvalue weighted by Crippen LogP contribution is 2.38. The third-order valence-electron chi connectivity index (χ3n) is 5.40. The van der Waals surface area contributed by atoms with Gasteiger partial charge in [-0.05, 0) is 31.3 Å². The molecule has 0 aliphatic rings. The second kappa shape index (κ2) is 13.7. The Labute approximate surface area is 224 Å². The Morgan fingerprint density at radius 3 is 2.36 bits per heavy atom. The average Bonchev–Trinajstić information content (AvgIpc) is 2.95. The van der Waals surface area contributed by atoms with Crippen LogP contribution in [-0.2, 0) is 0 Å². The number of nitrogens with two attached hydrogens (primary N) is 1.